The molecule has 0 radical (unpaired) electrons. The van der Waals surface area contributed by atoms with Gasteiger partial charge in [-0.25, -0.2) is 8.42 Å². The van der Waals surface area contributed by atoms with Gasteiger partial charge in [-0.3, -0.25) is 10.1 Å². The van der Waals surface area contributed by atoms with Gasteiger partial charge < -0.3 is 10.8 Å². The summed E-state index contributed by atoms with van der Waals surface area (Å²) < 4.78 is 25.8. The summed E-state index contributed by atoms with van der Waals surface area (Å²) in [4.78, 5) is 9.86. The fraction of sp³-hybridized carbons (Fsp3) is 0.455. The summed E-state index contributed by atoms with van der Waals surface area (Å²) in [5.41, 5.74) is 4.89. The number of aliphatic hydroxyl groups excluding tert-OH is 1. The molecular weight excluding hydrogens is 286 g/mol. The van der Waals surface area contributed by atoms with Crippen LogP contribution in [0.2, 0.25) is 0 Å². The molecule has 0 saturated carbocycles. The number of nitrogen functional groups attached to an aromatic ring is 1. The standard InChI is InChI=1S/C11H17N3O5S/c1-2-5-13(6-7-15)20(18,19)9-3-4-10(12)11(8-9)14(16)17/h3-4,8,15H,2,5-7,12H2,1H3. The zero-order valence-electron chi connectivity index (χ0n) is 11.0. The number of anilines is 1. The molecule has 1 aromatic rings. The first-order valence-corrected chi connectivity index (χ1v) is 7.43. The summed E-state index contributed by atoms with van der Waals surface area (Å²) in [6.07, 6.45) is 0.566. The number of sulfonamides is 1. The van der Waals surface area contributed by atoms with Crippen LogP contribution in [0.15, 0.2) is 23.1 Å². The van der Waals surface area contributed by atoms with Crippen LogP contribution in [0, 0.1) is 10.1 Å². The SMILES string of the molecule is CCCN(CCO)S(=O)(=O)c1ccc(N)c([N+](=O)[O-])c1. The van der Waals surface area contributed by atoms with E-state index in [-0.39, 0.29) is 30.3 Å². The zero-order chi connectivity index (χ0) is 15.3. The predicted molar refractivity (Wildman–Crippen MR) is 73.6 cm³/mol. The summed E-state index contributed by atoms with van der Waals surface area (Å²) in [6.45, 7) is 1.64. The van der Waals surface area contributed by atoms with Crippen molar-refractivity contribution in [2.75, 3.05) is 25.4 Å². The fourth-order valence-corrected chi connectivity index (χ4v) is 3.25. The van der Waals surface area contributed by atoms with E-state index < -0.39 is 20.6 Å². The van der Waals surface area contributed by atoms with Gasteiger partial charge in [0.25, 0.3) is 5.69 Å². The number of rotatable bonds is 7. The highest BCUT2D eigenvalue weighted by Crippen LogP contribution is 2.26. The second-order valence-electron chi connectivity index (χ2n) is 4.11. The quantitative estimate of drug-likeness (QED) is 0.430. The van der Waals surface area contributed by atoms with Crippen LogP contribution in [0.25, 0.3) is 0 Å². The maximum atomic E-state index is 12.3. The molecule has 1 rings (SSSR count). The molecule has 3 N–H and O–H groups in total. The Kier molecular flexibility index (Phi) is 5.43. The van der Waals surface area contributed by atoms with Gasteiger partial charge in [0.15, 0.2) is 0 Å². The van der Waals surface area contributed by atoms with E-state index in [0.717, 1.165) is 10.4 Å². The van der Waals surface area contributed by atoms with Gasteiger partial charge in [-0.05, 0) is 18.6 Å². The van der Waals surface area contributed by atoms with Crippen LogP contribution < -0.4 is 5.73 Å². The van der Waals surface area contributed by atoms with Crippen LogP contribution in [-0.2, 0) is 10.0 Å². The van der Waals surface area contributed by atoms with E-state index in [4.69, 9.17) is 10.8 Å². The minimum Gasteiger partial charge on any atom is -0.395 e. The molecule has 0 unspecified atom stereocenters. The second kappa shape index (κ2) is 6.64. The lowest BCUT2D eigenvalue weighted by Crippen LogP contribution is -2.34. The molecule has 0 amide bonds. The molecule has 9 heteroatoms. The smallest absolute Gasteiger partial charge is 0.293 e. The molecule has 0 bridgehead atoms. The Morgan fingerprint density at radius 3 is 2.55 bits per heavy atom. The van der Waals surface area contributed by atoms with Crippen molar-refractivity contribution in [1.29, 1.82) is 0 Å². The number of nitro groups is 1. The van der Waals surface area contributed by atoms with Gasteiger partial charge in [0.2, 0.25) is 10.0 Å². The van der Waals surface area contributed by atoms with Crippen LogP contribution in [-0.4, -0.2) is 42.4 Å². The Morgan fingerprint density at radius 2 is 2.05 bits per heavy atom. The predicted octanol–water partition coefficient (Wildman–Crippen LogP) is 0.570. The van der Waals surface area contributed by atoms with Crippen LogP contribution in [0.4, 0.5) is 11.4 Å². The Morgan fingerprint density at radius 1 is 1.40 bits per heavy atom. The third-order valence-corrected chi connectivity index (χ3v) is 4.55. The summed E-state index contributed by atoms with van der Waals surface area (Å²) >= 11 is 0. The van der Waals surface area contributed by atoms with E-state index in [2.05, 4.69) is 0 Å². The second-order valence-corrected chi connectivity index (χ2v) is 6.04. The molecule has 0 fully saturated rings. The number of nitrogens with two attached hydrogens (primary N) is 1. The van der Waals surface area contributed by atoms with Crippen molar-refractivity contribution < 1.29 is 18.4 Å². The monoisotopic (exact) mass is 303 g/mol. The Balaban J connectivity index is 3.26. The first-order valence-electron chi connectivity index (χ1n) is 5.99. The van der Waals surface area contributed by atoms with Gasteiger partial charge in [0.05, 0.1) is 16.4 Å². The number of aliphatic hydroxyl groups is 1. The van der Waals surface area contributed by atoms with E-state index in [1.165, 1.54) is 12.1 Å². The maximum Gasteiger partial charge on any atom is 0.293 e. The molecule has 20 heavy (non-hydrogen) atoms. The van der Waals surface area contributed by atoms with Gasteiger partial charge in [0.1, 0.15) is 5.69 Å². The minimum atomic E-state index is -3.88. The molecule has 1 aromatic carbocycles. The molecular formula is C11H17N3O5S. The van der Waals surface area contributed by atoms with Crippen LogP contribution in [0.3, 0.4) is 0 Å². The van der Waals surface area contributed by atoms with Crippen molar-refractivity contribution in [3.8, 4) is 0 Å². The molecule has 0 aliphatic heterocycles. The molecule has 0 aliphatic carbocycles. The lowest BCUT2D eigenvalue weighted by Gasteiger charge is -2.20. The number of nitrogens with zero attached hydrogens (tertiary/aromatic N) is 2. The van der Waals surface area contributed by atoms with Gasteiger partial charge >= 0.3 is 0 Å². The number of benzene rings is 1. The van der Waals surface area contributed by atoms with E-state index >= 15 is 0 Å². The minimum absolute atomic E-state index is 0.0612. The van der Waals surface area contributed by atoms with E-state index in [9.17, 15) is 18.5 Å². The van der Waals surface area contributed by atoms with Crippen molar-refractivity contribution >= 4 is 21.4 Å². The van der Waals surface area contributed by atoms with E-state index in [0.29, 0.717) is 6.42 Å². The molecule has 8 nitrogen and oxygen atoms in total. The Hall–Kier alpha value is -1.71. The molecule has 0 saturated heterocycles. The summed E-state index contributed by atoms with van der Waals surface area (Å²) in [5, 5.41) is 19.7. The highest BCUT2D eigenvalue weighted by Gasteiger charge is 2.26. The highest BCUT2D eigenvalue weighted by atomic mass is 32.2. The lowest BCUT2D eigenvalue weighted by molar-refractivity contribution is -0.384. The molecule has 0 aliphatic rings. The van der Waals surface area contributed by atoms with E-state index in [1.807, 2.05) is 0 Å². The lowest BCUT2D eigenvalue weighted by atomic mass is 10.3. The normalized spacial score (nSPS) is 11.8. The fourth-order valence-electron chi connectivity index (χ4n) is 1.70. The van der Waals surface area contributed by atoms with Gasteiger partial charge in [-0.1, -0.05) is 6.92 Å². The first-order chi connectivity index (χ1) is 9.34. The first kappa shape index (κ1) is 16.3. The molecule has 0 heterocycles. The number of hydrogen-bond donors (Lipinski definition) is 2. The average Bonchev–Trinajstić information content (AvgIpc) is 2.38. The maximum absolute atomic E-state index is 12.3. The van der Waals surface area contributed by atoms with Crippen LogP contribution in [0.5, 0.6) is 0 Å². The van der Waals surface area contributed by atoms with Crippen molar-refractivity contribution in [2.45, 2.75) is 18.2 Å². The Bertz CT molecular complexity index is 582. The van der Waals surface area contributed by atoms with Crippen LogP contribution in [0.1, 0.15) is 13.3 Å². The molecule has 0 atom stereocenters. The third kappa shape index (κ3) is 3.44. The summed E-state index contributed by atoms with van der Waals surface area (Å²) in [5.74, 6) is 0. The number of hydrogen-bond acceptors (Lipinski definition) is 6. The molecule has 0 aromatic heterocycles. The highest BCUT2D eigenvalue weighted by molar-refractivity contribution is 7.89. The summed E-state index contributed by atoms with van der Waals surface area (Å²) in [7, 11) is -3.88. The van der Waals surface area contributed by atoms with Crippen molar-refractivity contribution in [3.63, 3.8) is 0 Å². The number of nitro benzene ring substituents is 1. The third-order valence-electron chi connectivity index (χ3n) is 2.66. The topological polar surface area (TPSA) is 127 Å². The van der Waals surface area contributed by atoms with Crippen molar-refractivity contribution in [3.05, 3.63) is 28.3 Å². The van der Waals surface area contributed by atoms with Crippen molar-refractivity contribution in [1.82, 2.24) is 4.31 Å². The van der Waals surface area contributed by atoms with Gasteiger partial charge in [-0.2, -0.15) is 4.31 Å². The summed E-state index contributed by atoms with van der Waals surface area (Å²) in [6, 6.07) is 3.34. The zero-order valence-corrected chi connectivity index (χ0v) is 11.8. The van der Waals surface area contributed by atoms with E-state index in [1.54, 1.807) is 6.92 Å². The largest absolute Gasteiger partial charge is 0.395 e. The molecule has 112 valence electrons. The Labute approximate surface area is 117 Å². The molecule has 0 spiro atoms. The van der Waals surface area contributed by atoms with Gasteiger partial charge in [-0.15, -0.1) is 0 Å². The van der Waals surface area contributed by atoms with Crippen LogP contribution >= 0.6 is 0 Å². The average molecular weight is 303 g/mol. The van der Waals surface area contributed by atoms with Gasteiger partial charge in [0, 0.05) is 19.2 Å². The van der Waals surface area contributed by atoms with Crippen molar-refractivity contribution in [2.24, 2.45) is 0 Å².